The Kier molecular flexibility index (Phi) is 3.64. The Morgan fingerprint density at radius 3 is 2.55 bits per heavy atom. The summed E-state index contributed by atoms with van der Waals surface area (Å²) in [6.07, 6.45) is 0.219. The zero-order valence-electron chi connectivity index (χ0n) is 11.9. The van der Waals surface area contributed by atoms with Gasteiger partial charge in [-0.2, -0.15) is 0 Å². The standard InChI is InChI=1S/C13H19N3O3S/c1-13(2,3)19-12(18)16-5-4-7-8(6-16)20-11(15)9(7)10(14)17/h4-6,15H2,1-3H3,(H2,14,17). The number of primary amides is 1. The number of anilines is 1. The zero-order chi connectivity index (χ0) is 15.1. The number of thiophene rings is 1. The lowest BCUT2D eigenvalue weighted by atomic mass is 10.0. The minimum atomic E-state index is -0.524. The van der Waals surface area contributed by atoms with Crippen molar-refractivity contribution in [2.75, 3.05) is 12.3 Å². The molecule has 0 bridgehead atoms. The van der Waals surface area contributed by atoms with Gasteiger partial charge in [0.15, 0.2) is 0 Å². The number of rotatable bonds is 1. The molecular formula is C13H19N3O3S. The molecule has 0 radical (unpaired) electrons. The van der Waals surface area contributed by atoms with E-state index in [0.29, 0.717) is 30.1 Å². The highest BCUT2D eigenvalue weighted by Gasteiger charge is 2.30. The molecule has 6 nitrogen and oxygen atoms in total. The van der Waals surface area contributed by atoms with Gasteiger partial charge in [0.1, 0.15) is 5.60 Å². The fourth-order valence-corrected chi connectivity index (χ4v) is 3.32. The lowest BCUT2D eigenvalue weighted by molar-refractivity contribution is 0.0226. The predicted molar refractivity (Wildman–Crippen MR) is 77.6 cm³/mol. The van der Waals surface area contributed by atoms with Crippen LogP contribution in [0, 0.1) is 0 Å². The second-order valence-electron chi connectivity index (χ2n) is 5.76. The van der Waals surface area contributed by atoms with Crippen LogP contribution in [0.5, 0.6) is 0 Å². The van der Waals surface area contributed by atoms with E-state index >= 15 is 0 Å². The van der Waals surface area contributed by atoms with Gasteiger partial charge in [0.05, 0.1) is 17.1 Å². The maximum atomic E-state index is 12.0. The summed E-state index contributed by atoms with van der Waals surface area (Å²) in [6.45, 7) is 6.39. The maximum Gasteiger partial charge on any atom is 0.410 e. The highest BCUT2D eigenvalue weighted by Crippen LogP contribution is 2.35. The second kappa shape index (κ2) is 4.97. The summed E-state index contributed by atoms with van der Waals surface area (Å²) >= 11 is 1.31. The van der Waals surface area contributed by atoms with Crippen LogP contribution in [0.25, 0.3) is 0 Å². The molecule has 0 spiro atoms. The largest absolute Gasteiger partial charge is 0.444 e. The van der Waals surface area contributed by atoms with Crippen LogP contribution in [-0.4, -0.2) is 29.0 Å². The van der Waals surface area contributed by atoms with Crippen molar-refractivity contribution in [3.8, 4) is 0 Å². The molecule has 1 aromatic rings. The van der Waals surface area contributed by atoms with E-state index in [-0.39, 0.29) is 6.09 Å². The van der Waals surface area contributed by atoms with Crippen LogP contribution < -0.4 is 11.5 Å². The quantitative estimate of drug-likeness (QED) is 0.824. The average molecular weight is 297 g/mol. The number of nitrogens with zero attached hydrogens (tertiary/aromatic N) is 1. The van der Waals surface area contributed by atoms with Crippen LogP contribution >= 0.6 is 11.3 Å². The first kappa shape index (κ1) is 14.6. The van der Waals surface area contributed by atoms with Gasteiger partial charge < -0.3 is 21.1 Å². The minimum Gasteiger partial charge on any atom is -0.444 e. The molecule has 1 aromatic heterocycles. The number of carbonyl (C=O) groups is 2. The highest BCUT2D eigenvalue weighted by molar-refractivity contribution is 7.16. The highest BCUT2D eigenvalue weighted by atomic mass is 32.1. The predicted octanol–water partition coefficient (Wildman–Crippen LogP) is 1.72. The number of ether oxygens (including phenoxy) is 1. The zero-order valence-corrected chi connectivity index (χ0v) is 12.7. The molecule has 0 aromatic carbocycles. The van der Waals surface area contributed by atoms with Gasteiger partial charge in [0.25, 0.3) is 5.91 Å². The molecule has 1 aliphatic rings. The smallest absolute Gasteiger partial charge is 0.410 e. The van der Waals surface area contributed by atoms with Crippen molar-refractivity contribution in [3.63, 3.8) is 0 Å². The van der Waals surface area contributed by atoms with E-state index in [0.717, 1.165) is 10.4 Å². The molecule has 0 unspecified atom stereocenters. The van der Waals surface area contributed by atoms with Crippen molar-refractivity contribution in [2.24, 2.45) is 5.73 Å². The van der Waals surface area contributed by atoms with Gasteiger partial charge in [0.2, 0.25) is 0 Å². The third kappa shape index (κ3) is 2.87. The van der Waals surface area contributed by atoms with Gasteiger partial charge in [-0.25, -0.2) is 4.79 Å². The van der Waals surface area contributed by atoms with Crippen molar-refractivity contribution in [1.29, 1.82) is 0 Å². The van der Waals surface area contributed by atoms with Crippen molar-refractivity contribution in [2.45, 2.75) is 39.3 Å². The third-order valence-corrected chi connectivity index (χ3v) is 4.03. The molecule has 2 amide bonds. The number of amides is 2. The number of carbonyl (C=O) groups excluding carboxylic acids is 2. The topological polar surface area (TPSA) is 98.7 Å². The van der Waals surface area contributed by atoms with E-state index in [1.165, 1.54) is 11.3 Å². The minimum absolute atomic E-state index is 0.351. The SMILES string of the molecule is CC(C)(C)OC(=O)N1CCc2c(sc(N)c2C(N)=O)C1. The van der Waals surface area contributed by atoms with Crippen LogP contribution in [0.1, 0.15) is 41.6 Å². The molecular weight excluding hydrogens is 278 g/mol. The summed E-state index contributed by atoms with van der Waals surface area (Å²) < 4.78 is 5.35. The summed E-state index contributed by atoms with van der Waals surface area (Å²) in [6, 6.07) is 0. The molecule has 2 heterocycles. The van der Waals surface area contributed by atoms with Crippen LogP contribution in [0.15, 0.2) is 0 Å². The third-order valence-electron chi connectivity index (χ3n) is 2.98. The van der Waals surface area contributed by atoms with Gasteiger partial charge in [-0.05, 0) is 32.8 Å². The maximum absolute atomic E-state index is 12.0. The Morgan fingerprint density at radius 1 is 1.35 bits per heavy atom. The molecule has 110 valence electrons. The van der Waals surface area contributed by atoms with Gasteiger partial charge in [0, 0.05) is 11.4 Å². The van der Waals surface area contributed by atoms with Gasteiger partial charge in [-0.3, -0.25) is 4.79 Å². The number of hydrogen-bond donors (Lipinski definition) is 2. The van der Waals surface area contributed by atoms with E-state index in [9.17, 15) is 9.59 Å². The Balaban J connectivity index is 2.18. The monoisotopic (exact) mass is 297 g/mol. The molecule has 4 N–H and O–H groups in total. The molecule has 0 fully saturated rings. The van der Waals surface area contributed by atoms with E-state index in [2.05, 4.69) is 0 Å². The van der Waals surface area contributed by atoms with E-state index < -0.39 is 11.5 Å². The van der Waals surface area contributed by atoms with Crippen molar-refractivity contribution >= 4 is 28.3 Å². The summed E-state index contributed by atoms with van der Waals surface area (Å²) in [4.78, 5) is 26.0. The Morgan fingerprint density at radius 2 is 2.00 bits per heavy atom. The fraction of sp³-hybridized carbons (Fsp3) is 0.538. The van der Waals surface area contributed by atoms with Crippen molar-refractivity contribution in [1.82, 2.24) is 4.90 Å². The van der Waals surface area contributed by atoms with Crippen molar-refractivity contribution < 1.29 is 14.3 Å². The molecule has 0 saturated carbocycles. The number of hydrogen-bond acceptors (Lipinski definition) is 5. The number of fused-ring (bicyclic) bond motifs is 1. The van der Waals surface area contributed by atoms with Crippen LogP contribution in [-0.2, 0) is 17.7 Å². The Labute approximate surface area is 121 Å². The average Bonchev–Trinajstić information content (AvgIpc) is 2.61. The lowest BCUT2D eigenvalue weighted by Gasteiger charge is -2.30. The first-order chi connectivity index (χ1) is 9.19. The Bertz CT molecular complexity index is 560. The van der Waals surface area contributed by atoms with Crippen LogP contribution in [0.2, 0.25) is 0 Å². The van der Waals surface area contributed by atoms with E-state index in [1.807, 2.05) is 20.8 Å². The second-order valence-corrected chi connectivity index (χ2v) is 6.90. The Hall–Kier alpha value is -1.76. The molecule has 0 aliphatic carbocycles. The first-order valence-corrected chi connectivity index (χ1v) is 7.18. The summed E-state index contributed by atoms with van der Waals surface area (Å²) in [7, 11) is 0. The van der Waals surface area contributed by atoms with Gasteiger partial charge in [-0.1, -0.05) is 0 Å². The molecule has 7 heteroatoms. The van der Waals surface area contributed by atoms with Gasteiger partial charge >= 0.3 is 6.09 Å². The molecule has 0 atom stereocenters. The fourth-order valence-electron chi connectivity index (χ4n) is 2.18. The van der Waals surface area contributed by atoms with E-state index in [1.54, 1.807) is 4.90 Å². The number of nitrogen functional groups attached to an aromatic ring is 1. The normalized spacial score (nSPS) is 14.8. The molecule has 0 saturated heterocycles. The lowest BCUT2D eigenvalue weighted by Crippen LogP contribution is -2.39. The van der Waals surface area contributed by atoms with Crippen molar-refractivity contribution in [3.05, 3.63) is 16.0 Å². The van der Waals surface area contributed by atoms with E-state index in [4.69, 9.17) is 16.2 Å². The summed E-state index contributed by atoms with van der Waals surface area (Å²) in [5.74, 6) is -0.509. The molecule has 2 rings (SSSR count). The number of nitrogens with two attached hydrogens (primary N) is 2. The van der Waals surface area contributed by atoms with Crippen LogP contribution in [0.3, 0.4) is 0 Å². The van der Waals surface area contributed by atoms with Crippen LogP contribution in [0.4, 0.5) is 9.80 Å². The molecule has 1 aliphatic heterocycles. The molecule has 20 heavy (non-hydrogen) atoms. The van der Waals surface area contributed by atoms with Gasteiger partial charge in [-0.15, -0.1) is 11.3 Å². The summed E-state index contributed by atoms with van der Waals surface area (Å²) in [5.41, 5.74) is 11.9. The first-order valence-electron chi connectivity index (χ1n) is 6.37. The summed E-state index contributed by atoms with van der Waals surface area (Å²) in [5, 5.41) is 0.425.